The van der Waals surface area contributed by atoms with Gasteiger partial charge in [-0.3, -0.25) is 0 Å². The topological polar surface area (TPSA) is 76.0 Å². The van der Waals surface area contributed by atoms with E-state index < -0.39 is 9.84 Å². The van der Waals surface area contributed by atoms with Crippen molar-refractivity contribution in [3.8, 4) is 0 Å². The van der Waals surface area contributed by atoms with Crippen LogP contribution in [0, 0.1) is 0 Å². The van der Waals surface area contributed by atoms with Crippen LogP contribution < -0.4 is 5.73 Å². The fraction of sp³-hybridized carbons (Fsp3) is 0.333. The molecule has 0 amide bonds. The van der Waals surface area contributed by atoms with Crippen LogP contribution in [0.15, 0.2) is 24.4 Å². The first-order valence-electron chi connectivity index (χ1n) is 5.55. The molecule has 1 heterocycles. The molecule has 3 N–H and O–H groups in total. The minimum absolute atomic E-state index is 0.0700. The second kappa shape index (κ2) is 4.50. The quantitative estimate of drug-likeness (QED) is 0.867. The van der Waals surface area contributed by atoms with Gasteiger partial charge in [-0.2, -0.15) is 0 Å². The molecule has 4 nitrogen and oxygen atoms in total. The van der Waals surface area contributed by atoms with Gasteiger partial charge in [0.2, 0.25) is 0 Å². The molecule has 0 bridgehead atoms. The molecule has 0 aliphatic rings. The second-order valence-corrected chi connectivity index (χ2v) is 6.39. The number of H-pyrrole nitrogens is 1. The normalized spacial score (nSPS) is 12.1. The Labute approximate surface area is 101 Å². The zero-order valence-corrected chi connectivity index (χ0v) is 10.5. The van der Waals surface area contributed by atoms with Crippen LogP contribution in [0.5, 0.6) is 0 Å². The Morgan fingerprint density at radius 1 is 1.29 bits per heavy atom. The van der Waals surface area contributed by atoms with E-state index in [0.717, 1.165) is 22.0 Å². The largest absolute Gasteiger partial charge is 0.361 e. The van der Waals surface area contributed by atoms with Gasteiger partial charge in [0.1, 0.15) is 0 Å². The lowest BCUT2D eigenvalue weighted by atomic mass is 10.1. The smallest absolute Gasteiger partial charge is 0.154 e. The summed E-state index contributed by atoms with van der Waals surface area (Å²) >= 11 is 0. The number of rotatable bonds is 4. The molecule has 1 aromatic heterocycles. The molecule has 0 unspecified atom stereocenters. The van der Waals surface area contributed by atoms with Crippen molar-refractivity contribution < 1.29 is 8.42 Å². The maximum Gasteiger partial charge on any atom is 0.154 e. The summed E-state index contributed by atoms with van der Waals surface area (Å²) in [4.78, 5) is 3.09. The molecule has 1 aromatic carbocycles. The number of aromatic nitrogens is 1. The summed E-state index contributed by atoms with van der Waals surface area (Å²) in [6.45, 7) is 2.07. The van der Waals surface area contributed by atoms with Crippen LogP contribution in [0.2, 0.25) is 0 Å². The monoisotopic (exact) mass is 252 g/mol. The summed E-state index contributed by atoms with van der Waals surface area (Å²) in [6, 6.07) is 5.77. The summed E-state index contributed by atoms with van der Waals surface area (Å²) in [5.74, 6) is 0.227. The van der Waals surface area contributed by atoms with E-state index in [-0.39, 0.29) is 11.5 Å². The van der Waals surface area contributed by atoms with Crippen LogP contribution in [0.25, 0.3) is 10.9 Å². The van der Waals surface area contributed by atoms with Gasteiger partial charge in [-0.05, 0) is 17.2 Å². The van der Waals surface area contributed by atoms with Gasteiger partial charge in [-0.15, -0.1) is 0 Å². The molecule has 2 rings (SSSR count). The van der Waals surface area contributed by atoms with E-state index in [0.29, 0.717) is 6.54 Å². The van der Waals surface area contributed by atoms with E-state index in [1.54, 1.807) is 13.1 Å². The van der Waals surface area contributed by atoms with Crippen molar-refractivity contribution in [2.24, 2.45) is 5.73 Å². The van der Waals surface area contributed by atoms with Crippen molar-refractivity contribution in [1.82, 2.24) is 4.98 Å². The zero-order valence-electron chi connectivity index (χ0n) is 9.73. The van der Waals surface area contributed by atoms with Gasteiger partial charge in [0.05, 0.1) is 5.75 Å². The standard InChI is InChI=1S/C12H16N2O2S/c1-2-17(15,16)8-10-7-14-11-5-3-4-9(6-13)12(10)11/h3-5,7,14H,2,6,8,13H2,1H3. The Balaban J connectivity index is 2.56. The Morgan fingerprint density at radius 3 is 2.71 bits per heavy atom. The molecule has 0 saturated carbocycles. The molecule has 17 heavy (non-hydrogen) atoms. The molecule has 0 radical (unpaired) electrons. The van der Waals surface area contributed by atoms with Gasteiger partial charge in [0.25, 0.3) is 0 Å². The lowest BCUT2D eigenvalue weighted by Crippen LogP contribution is -2.07. The van der Waals surface area contributed by atoms with Gasteiger partial charge in [-0.1, -0.05) is 19.1 Å². The van der Waals surface area contributed by atoms with E-state index in [2.05, 4.69) is 4.98 Å². The molecule has 0 aliphatic carbocycles. The Hall–Kier alpha value is -1.33. The van der Waals surface area contributed by atoms with Crippen LogP contribution in [0.3, 0.4) is 0 Å². The minimum atomic E-state index is -3.02. The van der Waals surface area contributed by atoms with E-state index in [1.165, 1.54) is 0 Å². The molecular formula is C12H16N2O2S. The Morgan fingerprint density at radius 2 is 2.06 bits per heavy atom. The van der Waals surface area contributed by atoms with E-state index in [1.807, 2.05) is 18.2 Å². The first kappa shape index (κ1) is 12.1. The Kier molecular flexibility index (Phi) is 3.22. The highest BCUT2D eigenvalue weighted by atomic mass is 32.2. The summed E-state index contributed by atoms with van der Waals surface area (Å²) in [5.41, 5.74) is 8.40. The molecule has 0 fully saturated rings. The molecule has 0 atom stereocenters. The molecule has 92 valence electrons. The fourth-order valence-corrected chi connectivity index (χ4v) is 2.87. The number of nitrogens with two attached hydrogens (primary N) is 1. The van der Waals surface area contributed by atoms with Gasteiger partial charge < -0.3 is 10.7 Å². The molecule has 2 aromatic rings. The van der Waals surface area contributed by atoms with Crippen molar-refractivity contribution in [3.63, 3.8) is 0 Å². The first-order chi connectivity index (χ1) is 8.07. The average Bonchev–Trinajstić information content (AvgIpc) is 2.72. The van der Waals surface area contributed by atoms with Crippen LogP contribution >= 0.6 is 0 Å². The lowest BCUT2D eigenvalue weighted by Gasteiger charge is -2.04. The highest BCUT2D eigenvalue weighted by molar-refractivity contribution is 7.90. The first-order valence-corrected chi connectivity index (χ1v) is 7.38. The van der Waals surface area contributed by atoms with Crippen molar-refractivity contribution >= 4 is 20.7 Å². The summed E-state index contributed by atoms with van der Waals surface area (Å²) in [7, 11) is -3.02. The predicted molar refractivity (Wildman–Crippen MR) is 69.4 cm³/mol. The fourth-order valence-electron chi connectivity index (χ4n) is 1.96. The molecule has 0 spiro atoms. The van der Waals surface area contributed by atoms with E-state index in [4.69, 9.17) is 5.73 Å². The third-order valence-electron chi connectivity index (χ3n) is 2.91. The third kappa shape index (κ3) is 2.35. The van der Waals surface area contributed by atoms with E-state index >= 15 is 0 Å². The van der Waals surface area contributed by atoms with Crippen molar-refractivity contribution in [2.45, 2.75) is 19.2 Å². The maximum absolute atomic E-state index is 11.7. The van der Waals surface area contributed by atoms with Crippen molar-refractivity contribution in [2.75, 3.05) is 5.75 Å². The van der Waals surface area contributed by atoms with Crippen LogP contribution in [-0.4, -0.2) is 19.2 Å². The number of fused-ring (bicyclic) bond motifs is 1. The number of benzene rings is 1. The van der Waals surface area contributed by atoms with Crippen LogP contribution in [0.4, 0.5) is 0 Å². The molecule has 0 saturated heterocycles. The van der Waals surface area contributed by atoms with Crippen LogP contribution in [-0.2, 0) is 22.1 Å². The SMILES string of the molecule is CCS(=O)(=O)Cc1c[nH]c2cccc(CN)c12. The van der Waals surface area contributed by atoms with Gasteiger partial charge in [0.15, 0.2) is 9.84 Å². The molecular weight excluding hydrogens is 236 g/mol. The van der Waals surface area contributed by atoms with Crippen molar-refractivity contribution in [3.05, 3.63) is 35.5 Å². The summed E-state index contributed by atoms with van der Waals surface area (Å²) in [5, 5.41) is 0.951. The van der Waals surface area contributed by atoms with Gasteiger partial charge in [0, 0.05) is 29.4 Å². The number of hydrogen-bond acceptors (Lipinski definition) is 3. The maximum atomic E-state index is 11.7. The molecule has 0 aliphatic heterocycles. The highest BCUT2D eigenvalue weighted by Crippen LogP contribution is 2.24. The second-order valence-electron chi connectivity index (χ2n) is 4.03. The van der Waals surface area contributed by atoms with Gasteiger partial charge in [-0.25, -0.2) is 8.42 Å². The lowest BCUT2D eigenvalue weighted by molar-refractivity contribution is 0.596. The summed E-state index contributed by atoms with van der Waals surface area (Å²) < 4.78 is 23.3. The molecule has 5 heteroatoms. The van der Waals surface area contributed by atoms with Crippen molar-refractivity contribution in [1.29, 1.82) is 0 Å². The third-order valence-corrected chi connectivity index (χ3v) is 4.54. The number of nitrogens with one attached hydrogen (secondary N) is 1. The summed E-state index contributed by atoms with van der Waals surface area (Å²) in [6.07, 6.45) is 1.76. The van der Waals surface area contributed by atoms with Gasteiger partial charge >= 0.3 is 0 Å². The zero-order chi connectivity index (χ0) is 12.5. The highest BCUT2D eigenvalue weighted by Gasteiger charge is 2.14. The number of hydrogen-bond donors (Lipinski definition) is 2. The Bertz CT molecular complexity index is 629. The predicted octanol–water partition coefficient (Wildman–Crippen LogP) is 1.56. The number of aromatic amines is 1. The average molecular weight is 252 g/mol. The minimum Gasteiger partial charge on any atom is -0.361 e. The number of sulfone groups is 1. The van der Waals surface area contributed by atoms with Crippen LogP contribution in [0.1, 0.15) is 18.1 Å². The van der Waals surface area contributed by atoms with E-state index in [9.17, 15) is 8.42 Å².